The lowest BCUT2D eigenvalue weighted by atomic mass is 10.1. The molecule has 8 heteroatoms. The number of aryl methyl sites for hydroxylation is 1. The molecule has 0 aliphatic heterocycles. The second kappa shape index (κ2) is 6.71. The second-order valence-electron chi connectivity index (χ2n) is 4.96. The van der Waals surface area contributed by atoms with Gasteiger partial charge in [0.1, 0.15) is 17.2 Å². The first-order valence-corrected chi connectivity index (χ1v) is 7.94. The van der Waals surface area contributed by atoms with Gasteiger partial charge in [0.25, 0.3) is 5.91 Å². The van der Waals surface area contributed by atoms with Gasteiger partial charge >= 0.3 is 0 Å². The summed E-state index contributed by atoms with van der Waals surface area (Å²) in [6.45, 7) is 1.93. The summed E-state index contributed by atoms with van der Waals surface area (Å²) in [5, 5.41) is 10.2. The maximum atomic E-state index is 12.3. The van der Waals surface area contributed by atoms with Crippen LogP contribution in [0.5, 0.6) is 11.5 Å². The van der Waals surface area contributed by atoms with Crippen LogP contribution in [0.15, 0.2) is 30.5 Å². The molecule has 2 N–H and O–H groups in total. The van der Waals surface area contributed by atoms with E-state index in [2.05, 4.69) is 20.5 Å². The number of nitrogens with zero attached hydrogens (tertiary/aromatic N) is 2. The van der Waals surface area contributed by atoms with Crippen molar-refractivity contribution < 1.29 is 14.3 Å². The number of carbonyl (C=O) groups excluding carboxylic acids is 1. The van der Waals surface area contributed by atoms with Gasteiger partial charge in [-0.1, -0.05) is 0 Å². The second-order valence-corrected chi connectivity index (χ2v) is 6.20. The topological polar surface area (TPSA) is 89.1 Å². The molecule has 7 nitrogen and oxygen atoms in total. The number of amides is 1. The Balaban J connectivity index is 1.86. The molecule has 0 fully saturated rings. The van der Waals surface area contributed by atoms with E-state index in [1.54, 1.807) is 44.7 Å². The highest BCUT2D eigenvalue weighted by molar-refractivity contribution is 7.15. The van der Waals surface area contributed by atoms with Gasteiger partial charge in [-0.3, -0.25) is 15.2 Å². The zero-order valence-electron chi connectivity index (χ0n) is 13.4. The average molecular weight is 344 g/mol. The Morgan fingerprint density at radius 2 is 2.08 bits per heavy atom. The van der Waals surface area contributed by atoms with Crippen LogP contribution >= 0.6 is 11.3 Å². The number of hydrogen-bond acceptors (Lipinski definition) is 6. The Bertz CT molecular complexity index is 872. The molecule has 0 bridgehead atoms. The van der Waals surface area contributed by atoms with Crippen LogP contribution < -0.4 is 14.8 Å². The van der Waals surface area contributed by atoms with E-state index in [1.807, 2.05) is 6.92 Å². The molecule has 0 unspecified atom stereocenters. The fourth-order valence-corrected chi connectivity index (χ4v) is 2.83. The normalized spacial score (nSPS) is 10.5. The lowest BCUT2D eigenvalue weighted by Gasteiger charge is -2.08. The third-order valence-electron chi connectivity index (χ3n) is 3.35. The Morgan fingerprint density at radius 3 is 2.75 bits per heavy atom. The largest absolute Gasteiger partial charge is 0.497 e. The van der Waals surface area contributed by atoms with Gasteiger partial charge in [-0.15, -0.1) is 11.3 Å². The number of aromatic nitrogens is 3. The number of thiazole rings is 1. The van der Waals surface area contributed by atoms with Crippen molar-refractivity contribution in [2.24, 2.45) is 0 Å². The minimum atomic E-state index is -0.301. The van der Waals surface area contributed by atoms with Gasteiger partial charge < -0.3 is 9.47 Å². The van der Waals surface area contributed by atoms with Gasteiger partial charge in [0, 0.05) is 16.6 Å². The Morgan fingerprint density at radius 1 is 1.25 bits per heavy atom. The molecule has 24 heavy (non-hydrogen) atoms. The van der Waals surface area contributed by atoms with E-state index in [-0.39, 0.29) is 5.91 Å². The molecule has 3 rings (SSSR count). The van der Waals surface area contributed by atoms with Gasteiger partial charge in [0.15, 0.2) is 5.13 Å². The monoisotopic (exact) mass is 344 g/mol. The first-order chi connectivity index (χ1) is 11.6. The summed E-state index contributed by atoms with van der Waals surface area (Å²) in [4.78, 5) is 17.4. The minimum absolute atomic E-state index is 0.301. The third-order valence-corrected chi connectivity index (χ3v) is 4.18. The molecule has 2 aromatic heterocycles. The van der Waals surface area contributed by atoms with E-state index in [4.69, 9.17) is 9.47 Å². The highest BCUT2D eigenvalue weighted by Crippen LogP contribution is 2.32. The quantitative estimate of drug-likeness (QED) is 0.742. The summed E-state index contributed by atoms with van der Waals surface area (Å²) in [5.41, 5.74) is 1.66. The number of anilines is 1. The predicted octanol–water partition coefficient (Wildman–Crippen LogP) is 3.11. The predicted molar refractivity (Wildman–Crippen MR) is 91.9 cm³/mol. The van der Waals surface area contributed by atoms with Crippen LogP contribution in [-0.4, -0.2) is 35.3 Å². The standard InChI is InChI=1S/C16H16N4O3S/c1-9-8-17-16(24-9)18-15(21)13-7-12(19-20-13)11-6-10(22-2)4-5-14(11)23-3/h4-8H,1-3H3,(H,19,20)(H,17,18,21). The third kappa shape index (κ3) is 3.23. The molecule has 1 amide bonds. The van der Waals surface area contributed by atoms with Gasteiger partial charge in [-0.25, -0.2) is 4.98 Å². The van der Waals surface area contributed by atoms with Gasteiger partial charge in [-0.2, -0.15) is 5.10 Å². The van der Waals surface area contributed by atoms with E-state index in [0.29, 0.717) is 28.0 Å². The molecule has 0 saturated heterocycles. The summed E-state index contributed by atoms with van der Waals surface area (Å²) in [6, 6.07) is 7.06. The molecule has 3 aromatic rings. The van der Waals surface area contributed by atoms with Crippen molar-refractivity contribution in [1.29, 1.82) is 0 Å². The molecule has 0 atom stereocenters. The zero-order chi connectivity index (χ0) is 17.1. The van der Waals surface area contributed by atoms with E-state index in [9.17, 15) is 4.79 Å². The summed E-state index contributed by atoms with van der Waals surface area (Å²) < 4.78 is 10.6. The smallest absolute Gasteiger partial charge is 0.275 e. The number of nitrogens with one attached hydrogen (secondary N) is 2. The fraction of sp³-hybridized carbons (Fsp3) is 0.188. The fourth-order valence-electron chi connectivity index (χ4n) is 2.17. The highest BCUT2D eigenvalue weighted by atomic mass is 32.1. The number of carbonyl (C=O) groups is 1. The summed E-state index contributed by atoms with van der Waals surface area (Å²) in [7, 11) is 3.17. The van der Waals surface area contributed by atoms with Crippen LogP contribution in [0.4, 0.5) is 5.13 Å². The summed E-state index contributed by atoms with van der Waals surface area (Å²) in [6.07, 6.45) is 1.71. The van der Waals surface area contributed by atoms with Crippen LogP contribution in [0.25, 0.3) is 11.3 Å². The average Bonchev–Trinajstić information content (AvgIpc) is 3.23. The number of ether oxygens (including phenoxy) is 2. The van der Waals surface area contributed by atoms with Crippen molar-refractivity contribution in [3.05, 3.63) is 41.0 Å². The number of methoxy groups -OCH3 is 2. The number of rotatable bonds is 5. The van der Waals surface area contributed by atoms with Gasteiger partial charge in [-0.05, 0) is 31.2 Å². The molecule has 0 saturated carbocycles. The first kappa shape index (κ1) is 16.0. The van der Waals surface area contributed by atoms with E-state index in [0.717, 1.165) is 10.4 Å². The molecule has 0 aliphatic carbocycles. The molecular weight excluding hydrogens is 328 g/mol. The van der Waals surface area contributed by atoms with Gasteiger partial charge in [0.2, 0.25) is 0 Å². The number of hydrogen-bond donors (Lipinski definition) is 2. The van der Waals surface area contributed by atoms with Gasteiger partial charge in [0.05, 0.1) is 19.9 Å². The molecule has 124 valence electrons. The molecular formula is C16H16N4O3S. The first-order valence-electron chi connectivity index (χ1n) is 7.12. The lowest BCUT2D eigenvalue weighted by Crippen LogP contribution is -2.11. The molecule has 0 spiro atoms. The Hall–Kier alpha value is -2.87. The van der Waals surface area contributed by atoms with Crippen LogP contribution in [0.2, 0.25) is 0 Å². The van der Waals surface area contributed by atoms with Crippen molar-refractivity contribution in [1.82, 2.24) is 15.2 Å². The van der Waals surface area contributed by atoms with E-state index in [1.165, 1.54) is 11.3 Å². The van der Waals surface area contributed by atoms with E-state index < -0.39 is 0 Å². The van der Waals surface area contributed by atoms with E-state index >= 15 is 0 Å². The number of aromatic amines is 1. The Kier molecular flexibility index (Phi) is 4.48. The molecule has 0 aliphatic rings. The maximum absolute atomic E-state index is 12.3. The number of H-pyrrole nitrogens is 1. The maximum Gasteiger partial charge on any atom is 0.275 e. The molecule has 0 radical (unpaired) electrons. The zero-order valence-corrected chi connectivity index (χ0v) is 14.2. The SMILES string of the molecule is COc1ccc(OC)c(-c2cc(C(=O)Nc3ncc(C)s3)[nH]n2)c1. The van der Waals surface area contributed by atoms with Crippen molar-refractivity contribution in [2.45, 2.75) is 6.92 Å². The minimum Gasteiger partial charge on any atom is -0.497 e. The van der Waals surface area contributed by atoms with Crippen LogP contribution in [0, 0.1) is 6.92 Å². The lowest BCUT2D eigenvalue weighted by molar-refractivity contribution is 0.102. The van der Waals surface area contributed by atoms with Crippen LogP contribution in [0.3, 0.4) is 0 Å². The van der Waals surface area contributed by atoms with Crippen molar-refractivity contribution in [3.63, 3.8) is 0 Å². The van der Waals surface area contributed by atoms with Crippen LogP contribution in [-0.2, 0) is 0 Å². The van der Waals surface area contributed by atoms with Crippen molar-refractivity contribution >= 4 is 22.4 Å². The van der Waals surface area contributed by atoms with Crippen LogP contribution in [0.1, 0.15) is 15.4 Å². The highest BCUT2D eigenvalue weighted by Gasteiger charge is 2.15. The van der Waals surface area contributed by atoms with Crippen molar-refractivity contribution in [3.8, 4) is 22.8 Å². The summed E-state index contributed by atoms with van der Waals surface area (Å²) >= 11 is 1.41. The molecule has 1 aromatic carbocycles. The van der Waals surface area contributed by atoms with Crippen molar-refractivity contribution in [2.75, 3.05) is 19.5 Å². The number of benzene rings is 1. The Labute approximate surface area is 142 Å². The summed E-state index contributed by atoms with van der Waals surface area (Å²) in [5.74, 6) is 1.02. The molecule has 2 heterocycles.